The van der Waals surface area contributed by atoms with Crippen molar-refractivity contribution in [1.82, 2.24) is 0 Å². The second-order valence-electron chi connectivity index (χ2n) is 6.83. The lowest BCUT2D eigenvalue weighted by Crippen LogP contribution is -2.71. The molecule has 0 unspecified atom stereocenters. The summed E-state index contributed by atoms with van der Waals surface area (Å²) in [6.07, 6.45) is 10.0. The summed E-state index contributed by atoms with van der Waals surface area (Å²) in [5.41, 5.74) is 2.28. The third-order valence-electron chi connectivity index (χ3n) is 5.86. The molecule has 1 aromatic carbocycles. The summed E-state index contributed by atoms with van der Waals surface area (Å²) in [4.78, 5) is 0. The lowest BCUT2D eigenvalue weighted by atomic mass is 9.93. The fourth-order valence-electron chi connectivity index (χ4n) is 3.75. The first-order valence-corrected chi connectivity index (χ1v) is 13.9. The average molecular weight is 271 g/mol. The van der Waals surface area contributed by atoms with Crippen molar-refractivity contribution in [3.63, 3.8) is 0 Å². The molecule has 2 heteroatoms. The number of rotatable bonds is 1. The van der Waals surface area contributed by atoms with Crippen LogP contribution >= 0.6 is 0 Å². The first kappa shape index (κ1) is 12.2. The van der Waals surface area contributed by atoms with Crippen molar-refractivity contribution in [1.29, 1.82) is 0 Å². The van der Waals surface area contributed by atoms with Crippen LogP contribution in [0.1, 0.15) is 5.56 Å². The highest BCUT2D eigenvalue weighted by atomic mass is 29.3. The molecule has 0 fully saturated rings. The van der Waals surface area contributed by atoms with Crippen LogP contribution in [0.3, 0.4) is 0 Å². The zero-order valence-corrected chi connectivity index (χ0v) is 13.8. The monoisotopic (exact) mass is 270 g/mol. The number of allylic oxidation sites excluding steroid dienone is 4. The van der Waals surface area contributed by atoms with Crippen molar-refractivity contribution >= 4 is 15.2 Å². The van der Waals surface area contributed by atoms with Crippen molar-refractivity contribution in [3.05, 3.63) is 60.2 Å². The maximum atomic E-state index is 2.62. The second kappa shape index (κ2) is 3.58. The zero-order valence-electron chi connectivity index (χ0n) is 11.8. The van der Waals surface area contributed by atoms with Gasteiger partial charge in [-0.15, -0.1) is 0 Å². The van der Waals surface area contributed by atoms with Gasteiger partial charge in [-0.2, -0.15) is 0 Å². The van der Waals surface area contributed by atoms with Gasteiger partial charge < -0.3 is 0 Å². The maximum absolute atomic E-state index is 2.62. The molecule has 0 nitrogen and oxygen atoms in total. The third kappa shape index (κ3) is 1.25. The smallest absolute Gasteiger partial charge is 0.0632 e. The molecule has 0 amide bonds. The van der Waals surface area contributed by atoms with Crippen LogP contribution < -0.4 is 0 Å². The van der Waals surface area contributed by atoms with Crippen LogP contribution in [0.2, 0.25) is 31.7 Å². The minimum atomic E-state index is -1.32. The molecule has 2 heterocycles. The molecule has 0 saturated heterocycles. The van der Waals surface area contributed by atoms with Crippen molar-refractivity contribution in [2.24, 2.45) is 0 Å². The zero-order chi connectivity index (χ0) is 13.0. The molecule has 0 atom stereocenters. The first-order valence-electron chi connectivity index (χ1n) is 6.86. The summed E-state index contributed by atoms with van der Waals surface area (Å²) < 4.78 is 0. The Hall–Kier alpha value is -0.866. The molecule has 1 aliphatic carbocycles. The predicted molar refractivity (Wildman–Crippen MR) is 85.1 cm³/mol. The van der Waals surface area contributed by atoms with Gasteiger partial charge in [-0.1, -0.05) is 80.8 Å². The van der Waals surface area contributed by atoms with Crippen LogP contribution in [0.25, 0.3) is 0 Å². The van der Waals surface area contributed by atoms with Crippen molar-refractivity contribution in [2.75, 3.05) is 0 Å². The summed E-state index contributed by atoms with van der Waals surface area (Å²) in [6, 6.07) is 11.1. The van der Waals surface area contributed by atoms with Crippen LogP contribution in [0.5, 0.6) is 0 Å². The van der Waals surface area contributed by atoms with Crippen molar-refractivity contribution in [3.8, 4) is 0 Å². The van der Waals surface area contributed by atoms with E-state index in [1.165, 1.54) is 5.56 Å². The van der Waals surface area contributed by atoms with E-state index in [2.05, 4.69) is 80.8 Å². The number of hydrogen-bond acceptors (Lipinski definition) is 0. The highest BCUT2D eigenvalue weighted by Crippen LogP contribution is 2.54. The quantitative estimate of drug-likeness (QED) is 0.522. The maximum Gasteiger partial charge on any atom is 0.0632 e. The van der Waals surface area contributed by atoms with E-state index in [1.807, 2.05) is 0 Å². The molecule has 4 rings (SSSR count). The standard InChI is InChI=1S/C16H22Si2/c1-17(2)15-10-12-16(13-11-15,18(17,3)4)14-8-6-5-7-9-14/h5-13,15H,1-4H3. The Labute approximate surface area is 112 Å². The first-order chi connectivity index (χ1) is 8.42. The highest BCUT2D eigenvalue weighted by molar-refractivity contribution is 7.43. The Morgan fingerprint density at radius 3 is 2.00 bits per heavy atom. The molecule has 94 valence electrons. The van der Waals surface area contributed by atoms with Gasteiger partial charge in [0, 0.05) is 5.04 Å². The molecule has 0 saturated carbocycles. The van der Waals surface area contributed by atoms with E-state index in [0.717, 1.165) is 5.54 Å². The molecular formula is C16H22Si2. The predicted octanol–water partition coefficient (Wildman–Crippen LogP) is 4.47. The van der Waals surface area contributed by atoms with E-state index in [-0.39, 0.29) is 5.04 Å². The highest BCUT2D eigenvalue weighted by Gasteiger charge is 2.60. The summed E-state index contributed by atoms with van der Waals surface area (Å²) in [7, 11) is -2.51. The molecule has 0 spiro atoms. The minimum absolute atomic E-state index is 0.249. The van der Waals surface area contributed by atoms with E-state index < -0.39 is 15.2 Å². The molecule has 3 aliphatic rings. The van der Waals surface area contributed by atoms with Gasteiger partial charge in [-0.25, -0.2) is 0 Å². The van der Waals surface area contributed by atoms with Crippen LogP contribution in [-0.2, 0) is 5.04 Å². The SMILES string of the molecule is C[Si]1(C)C2C=CC(c3ccccc3)(C=C2)[Si]1(C)C. The molecule has 0 radical (unpaired) electrons. The molecule has 2 aliphatic heterocycles. The molecule has 1 aromatic rings. The van der Waals surface area contributed by atoms with Crippen LogP contribution in [0, 0.1) is 0 Å². The van der Waals surface area contributed by atoms with Gasteiger partial charge in [0.05, 0.1) is 15.2 Å². The van der Waals surface area contributed by atoms with E-state index >= 15 is 0 Å². The van der Waals surface area contributed by atoms with Gasteiger partial charge in [0.2, 0.25) is 0 Å². The third-order valence-corrected chi connectivity index (χ3v) is 25.7. The van der Waals surface area contributed by atoms with Crippen molar-refractivity contribution < 1.29 is 0 Å². The Morgan fingerprint density at radius 1 is 0.889 bits per heavy atom. The Kier molecular flexibility index (Phi) is 2.42. The Morgan fingerprint density at radius 2 is 1.44 bits per heavy atom. The Bertz CT molecular complexity index is 509. The van der Waals surface area contributed by atoms with E-state index in [1.54, 1.807) is 0 Å². The van der Waals surface area contributed by atoms with Crippen LogP contribution in [0.4, 0.5) is 0 Å². The molecule has 0 N–H and O–H groups in total. The summed E-state index contributed by atoms with van der Waals surface area (Å²) in [5, 5.41) is 0.249. The average Bonchev–Trinajstić information content (AvgIpc) is 2.38. The lowest BCUT2D eigenvalue weighted by molar-refractivity contribution is 0.868. The molecular weight excluding hydrogens is 248 g/mol. The fourth-order valence-corrected chi connectivity index (χ4v) is 15.9. The Balaban J connectivity index is 2.26. The van der Waals surface area contributed by atoms with Gasteiger partial charge in [0.25, 0.3) is 0 Å². The van der Waals surface area contributed by atoms with Gasteiger partial charge in [0.1, 0.15) is 0 Å². The summed E-state index contributed by atoms with van der Waals surface area (Å²) in [6.45, 7) is 10.4. The van der Waals surface area contributed by atoms with Crippen LogP contribution in [-0.4, -0.2) is 15.2 Å². The summed E-state index contributed by atoms with van der Waals surface area (Å²) >= 11 is 0. The normalized spacial score (nSPS) is 34.8. The topological polar surface area (TPSA) is 0 Å². The van der Waals surface area contributed by atoms with Crippen molar-refractivity contribution in [2.45, 2.75) is 36.8 Å². The van der Waals surface area contributed by atoms with E-state index in [0.29, 0.717) is 0 Å². The van der Waals surface area contributed by atoms with Gasteiger partial charge in [-0.3, -0.25) is 0 Å². The molecule has 18 heavy (non-hydrogen) atoms. The lowest BCUT2D eigenvalue weighted by Gasteiger charge is -2.58. The number of fused-ring (bicyclic) bond motifs is 1. The molecule has 2 bridgehead atoms. The van der Waals surface area contributed by atoms with E-state index in [9.17, 15) is 0 Å². The van der Waals surface area contributed by atoms with E-state index in [4.69, 9.17) is 0 Å². The van der Waals surface area contributed by atoms with Gasteiger partial charge in [0.15, 0.2) is 0 Å². The summed E-state index contributed by atoms with van der Waals surface area (Å²) in [5.74, 6) is 0. The second-order valence-corrected chi connectivity index (χ2v) is 22.6. The fraction of sp³-hybridized carbons (Fsp3) is 0.375. The minimum Gasteiger partial charge on any atom is -0.0837 e. The van der Waals surface area contributed by atoms with Gasteiger partial charge >= 0.3 is 0 Å². The van der Waals surface area contributed by atoms with Crippen LogP contribution in [0.15, 0.2) is 54.6 Å². The number of benzene rings is 1. The number of hydrogen-bond donors (Lipinski definition) is 0. The largest absolute Gasteiger partial charge is 0.0837 e. The molecule has 0 aromatic heterocycles. The van der Waals surface area contributed by atoms with Gasteiger partial charge in [-0.05, 0) is 11.1 Å².